The van der Waals surface area contributed by atoms with Gasteiger partial charge < -0.3 is 39.4 Å². The molecule has 10 nitrogen and oxygen atoms in total. The lowest BCUT2D eigenvalue weighted by molar-refractivity contribution is -0.372. The number of hydrogen-bond acceptors (Lipinski definition) is 10. The molecule has 0 amide bonds. The highest BCUT2D eigenvalue weighted by Crippen LogP contribution is 2.82. The van der Waals surface area contributed by atoms with Crippen LogP contribution in [0.25, 0.3) is 0 Å². The third-order valence-electron chi connectivity index (χ3n) is 11.9. The second kappa shape index (κ2) is 6.39. The highest BCUT2D eigenvalue weighted by atomic mass is 16.8. The maximum absolute atomic E-state index is 13.5. The van der Waals surface area contributed by atoms with E-state index in [1.54, 1.807) is 19.1 Å². The average Bonchev–Trinajstić information content (AvgIpc) is 3.20. The van der Waals surface area contributed by atoms with Gasteiger partial charge in [-0.15, -0.1) is 0 Å². The smallest absolute Gasteiger partial charge is 0.342 e. The lowest BCUT2D eigenvalue weighted by Gasteiger charge is -2.66. The first-order chi connectivity index (χ1) is 17.8. The summed E-state index contributed by atoms with van der Waals surface area (Å²) in [5.41, 5.74) is -6.58. The first-order valence-electron chi connectivity index (χ1n) is 13.5. The lowest BCUT2D eigenvalue weighted by atomic mass is 9.40. The molecule has 3 aliphatic carbocycles. The summed E-state index contributed by atoms with van der Waals surface area (Å²) in [5.74, 6) is -6.35. The quantitative estimate of drug-likeness (QED) is 0.408. The molecule has 6 bridgehead atoms. The normalized spacial score (nSPS) is 56.6. The van der Waals surface area contributed by atoms with Crippen molar-refractivity contribution in [1.29, 1.82) is 0 Å². The molecular formula is C28H32O10. The number of rotatable bonds is 3. The number of phenols is 1. The maximum atomic E-state index is 13.5. The highest BCUT2D eigenvalue weighted by molar-refractivity contribution is 5.88. The van der Waals surface area contributed by atoms with Gasteiger partial charge in [0.1, 0.15) is 17.5 Å². The third kappa shape index (κ3) is 2.00. The molecule has 4 N–H and O–H groups in total. The monoisotopic (exact) mass is 528 g/mol. The van der Waals surface area contributed by atoms with Crippen molar-refractivity contribution in [2.45, 2.75) is 86.9 Å². The number of aromatic hydroxyl groups is 1. The number of aliphatic hydroxyl groups is 3. The zero-order valence-electron chi connectivity index (χ0n) is 21.5. The van der Waals surface area contributed by atoms with E-state index in [1.807, 2.05) is 19.9 Å². The Hall–Kier alpha value is -2.24. The summed E-state index contributed by atoms with van der Waals surface area (Å²) in [6.45, 7) is 5.24. The van der Waals surface area contributed by atoms with E-state index in [-0.39, 0.29) is 18.8 Å². The summed E-state index contributed by atoms with van der Waals surface area (Å²) in [6, 6.07) is 5.27. The molecule has 1 aromatic rings. The molecule has 10 heteroatoms. The molecule has 0 radical (unpaired) electrons. The number of hydrogen-bond donors (Lipinski definition) is 4. The van der Waals surface area contributed by atoms with Crippen LogP contribution in [-0.4, -0.2) is 79.4 Å². The Bertz CT molecular complexity index is 1330. The van der Waals surface area contributed by atoms with Gasteiger partial charge in [0.05, 0.1) is 18.6 Å². The SMILES string of the molecule is Cc1c(O)cccc1CC[C@@H]1[C@@H](O)C2CC3(O)C(=O)O[C@@]4(C)[C@H]5C[C@@]6(C)[C@@H]7[C@@]2(O)[C@@]1(OC[C@H]6C(=O)O5)O[C@]734. The number of fused-ring (bicyclic) bond motifs is 2. The van der Waals surface area contributed by atoms with E-state index >= 15 is 0 Å². The predicted molar refractivity (Wildman–Crippen MR) is 125 cm³/mol. The van der Waals surface area contributed by atoms with E-state index < -0.39 is 81.4 Å². The van der Waals surface area contributed by atoms with E-state index in [0.717, 1.165) is 11.1 Å². The van der Waals surface area contributed by atoms with Crippen LogP contribution in [0.15, 0.2) is 18.2 Å². The fourth-order valence-corrected chi connectivity index (χ4v) is 10.3. The van der Waals surface area contributed by atoms with E-state index in [2.05, 4.69) is 0 Å². The van der Waals surface area contributed by atoms with Crippen molar-refractivity contribution in [3.05, 3.63) is 29.3 Å². The standard InChI is InChI=1S/C28H32O10/c1-12-13(5-4-6-17(12)29)7-8-14-19(30)15-9-25(33)22(32)37-24(3)18-10-23(2)16(20(31)36-18)11-35-28(14)26(15,34)21(23)27(24,25)38-28/h4-6,14-16,18-19,21,29-30,33-34H,7-11H2,1-3H3/t14-,15?,16+,18-,19-,21-,23-,24+,25?,26-,27+,28+/m1/s1. The number of carbonyl (C=O) groups excluding carboxylic acids is 2. The van der Waals surface area contributed by atoms with Crippen LogP contribution in [0.5, 0.6) is 5.75 Å². The summed E-state index contributed by atoms with van der Waals surface area (Å²) in [5, 5.41) is 47.0. The third-order valence-corrected chi connectivity index (χ3v) is 11.9. The first-order valence-corrected chi connectivity index (χ1v) is 13.5. The second-order valence-electron chi connectivity index (χ2n) is 13.1. The number of aliphatic hydroxyl groups excluding tert-OH is 1. The summed E-state index contributed by atoms with van der Waals surface area (Å²) in [6.07, 6.45) is -1.18. The van der Waals surface area contributed by atoms with Crippen molar-refractivity contribution >= 4 is 11.9 Å². The van der Waals surface area contributed by atoms with Crippen LogP contribution >= 0.6 is 0 Å². The van der Waals surface area contributed by atoms with Crippen LogP contribution in [0.1, 0.15) is 44.2 Å². The van der Waals surface area contributed by atoms with Crippen molar-refractivity contribution < 1.29 is 49.0 Å². The van der Waals surface area contributed by atoms with Crippen LogP contribution in [0, 0.1) is 36.0 Å². The Kier molecular flexibility index (Phi) is 3.97. The van der Waals surface area contributed by atoms with Gasteiger partial charge in [0, 0.05) is 17.8 Å². The Morgan fingerprint density at radius 3 is 2.66 bits per heavy atom. The number of ether oxygens (including phenoxy) is 4. The fraction of sp³-hybridized carbons (Fsp3) is 0.714. The minimum absolute atomic E-state index is 0.0814. The molecule has 7 aliphatic rings. The van der Waals surface area contributed by atoms with Gasteiger partial charge >= 0.3 is 11.9 Å². The average molecular weight is 529 g/mol. The summed E-state index contributed by atoms with van der Waals surface area (Å²) in [7, 11) is 0. The molecule has 38 heavy (non-hydrogen) atoms. The number of carbonyl (C=O) groups is 2. The van der Waals surface area contributed by atoms with Crippen molar-refractivity contribution in [2.24, 2.45) is 29.1 Å². The van der Waals surface area contributed by atoms with Gasteiger partial charge in [-0.1, -0.05) is 19.1 Å². The summed E-state index contributed by atoms with van der Waals surface area (Å²) in [4.78, 5) is 26.8. The van der Waals surface area contributed by atoms with Gasteiger partial charge in [0.15, 0.2) is 16.8 Å². The molecule has 2 unspecified atom stereocenters. The largest absolute Gasteiger partial charge is 0.508 e. The van der Waals surface area contributed by atoms with Gasteiger partial charge in [-0.3, -0.25) is 4.79 Å². The summed E-state index contributed by atoms with van der Waals surface area (Å²) < 4.78 is 25.1. The highest BCUT2D eigenvalue weighted by Gasteiger charge is 3.00. The molecule has 1 aromatic carbocycles. The topological polar surface area (TPSA) is 152 Å². The zero-order chi connectivity index (χ0) is 26.8. The van der Waals surface area contributed by atoms with E-state index in [1.165, 1.54) is 0 Å². The Morgan fingerprint density at radius 2 is 1.89 bits per heavy atom. The predicted octanol–water partition coefficient (Wildman–Crippen LogP) is 0.485. The summed E-state index contributed by atoms with van der Waals surface area (Å²) >= 11 is 0. The molecule has 12 atom stereocenters. The van der Waals surface area contributed by atoms with Crippen LogP contribution in [0.3, 0.4) is 0 Å². The Balaban J connectivity index is 1.34. The fourth-order valence-electron chi connectivity index (χ4n) is 10.3. The van der Waals surface area contributed by atoms with E-state index in [0.29, 0.717) is 19.3 Å². The number of esters is 2. The van der Waals surface area contributed by atoms with E-state index in [9.17, 15) is 30.0 Å². The number of benzene rings is 1. The Labute approximate surface area is 218 Å². The van der Waals surface area contributed by atoms with Gasteiger partial charge in [0.2, 0.25) is 5.79 Å². The molecule has 4 aliphatic heterocycles. The Morgan fingerprint density at radius 1 is 1.13 bits per heavy atom. The van der Waals surface area contributed by atoms with Crippen LogP contribution < -0.4 is 0 Å². The molecule has 7 fully saturated rings. The minimum Gasteiger partial charge on any atom is -0.508 e. The van der Waals surface area contributed by atoms with Crippen molar-refractivity contribution in [3.63, 3.8) is 0 Å². The van der Waals surface area contributed by atoms with Gasteiger partial charge in [-0.05, 0) is 62.1 Å². The molecule has 0 aromatic heterocycles. The van der Waals surface area contributed by atoms with Gasteiger partial charge in [-0.2, -0.15) is 0 Å². The maximum Gasteiger partial charge on any atom is 0.342 e. The van der Waals surface area contributed by atoms with Crippen LogP contribution in [-0.2, 0) is 35.0 Å². The van der Waals surface area contributed by atoms with Crippen molar-refractivity contribution in [1.82, 2.24) is 0 Å². The second-order valence-corrected chi connectivity index (χ2v) is 13.1. The number of aryl methyl sites for hydroxylation is 1. The number of phenolic OH excluding ortho intramolecular Hbond substituents is 1. The molecule has 4 saturated heterocycles. The first kappa shape index (κ1) is 23.6. The van der Waals surface area contributed by atoms with Crippen LogP contribution in [0.2, 0.25) is 0 Å². The van der Waals surface area contributed by atoms with Crippen LogP contribution in [0.4, 0.5) is 0 Å². The van der Waals surface area contributed by atoms with Crippen molar-refractivity contribution in [3.8, 4) is 5.75 Å². The molecular weight excluding hydrogens is 496 g/mol. The van der Waals surface area contributed by atoms with Crippen molar-refractivity contribution in [2.75, 3.05) is 6.61 Å². The molecule has 8 rings (SSSR count). The van der Waals surface area contributed by atoms with E-state index in [4.69, 9.17) is 18.9 Å². The van der Waals surface area contributed by atoms with Gasteiger partial charge in [-0.25, -0.2) is 4.79 Å². The van der Waals surface area contributed by atoms with Gasteiger partial charge in [0.25, 0.3) is 0 Å². The molecule has 1 spiro atoms. The molecule has 3 saturated carbocycles. The zero-order valence-corrected chi connectivity index (χ0v) is 21.5. The molecule has 4 heterocycles. The minimum atomic E-state index is -2.16. The molecule has 204 valence electrons. The lowest BCUT2D eigenvalue weighted by Crippen LogP contribution is -2.82.